The van der Waals surface area contributed by atoms with Gasteiger partial charge in [-0.3, -0.25) is 0 Å². The highest BCUT2D eigenvalue weighted by atomic mass is 79.9. The van der Waals surface area contributed by atoms with Gasteiger partial charge in [0.2, 0.25) is 0 Å². The maximum Gasteiger partial charge on any atom is 0.127 e. The third-order valence-electron chi connectivity index (χ3n) is 2.49. The summed E-state index contributed by atoms with van der Waals surface area (Å²) in [5.74, 6) is -0.380. The fourth-order valence-corrected chi connectivity index (χ4v) is 2.20. The van der Waals surface area contributed by atoms with Crippen molar-refractivity contribution in [3.8, 4) is 5.75 Å². The minimum Gasteiger partial charge on any atom is -0.489 e. The minimum atomic E-state index is -0.404. The van der Waals surface area contributed by atoms with Crippen LogP contribution in [0.2, 0.25) is 0 Å². The van der Waals surface area contributed by atoms with Gasteiger partial charge >= 0.3 is 0 Å². The zero-order valence-electron chi connectivity index (χ0n) is 10.00. The Labute approximate surface area is 118 Å². The van der Waals surface area contributed by atoms with Crippen LogP contribution < -0.4 is 10.5 Å². The summed E-state index contributed by atoms with van der Waals surface area (Å²) in [6, 6.07) is 8.76. The van der Waals surface area contributed by atoms with Gasteiger partial charge in [0.1, 0.15) is 24.0 Å². The first-order chi connectivity index (χ1) is 9.06. The topological polar surface area (TPSA) is 35.2 Å². The summed E-state index contributed by atoms with van der Waals surface area (Å²) in [7, 11) is 0. The van der Waals surface area contributed by atoms with E-state index in [9.17, 15) is 8.78 Å². The summed E-state index contributed by atoms with van der Waals surface area (Å²) in [6.45, 7) is 0.392. The van der Waals surface area contributed by atoms with E-state index in [0.29, 0.717) is 21.3 Å². The molecule has 0 radical (unpaired) electrons. The number of rotatable bonds is 4. The second kappa shape index (κ2) is 6.12. The molecule has 0 bridgehead atoms. The molecule has 0 saturated heterocycles. The largest absolute Gasteiger partial charge is 0.489 e. The van der Waals surface area contributed by atoms with Crippen molar-refractivity contribution in [3.05, 3.63) is 63.6 Å². The third-order valence-corrected chi connectivity index (χ3v) is 2.95. The smallest absolute Gasteiger partial charge is 0.127 e. The van der Waals surface area contributed by atoms with Crippen LogP contribution in [0.3, 0.4) is 0 Å². The van der Waals surface area contributed by atoms with Crippen LogP contribution in [0.1, 0.15) is 11.1 Å². The van der Waals surface area contributed by atoms with E-state index in [1.807, 2.05) is 0 Å². The Hall–Kier alpha value is -1.46. The molecule has 19 heavy (non-hydrogen) atoms. The van der Waals surface area contributed by atoms with E-state index in [1.54, 1.807) is 12.1 Å². The first kappa shape index (κ1) is 14.0. The summed E-state index contributed by atoms with van der Waals surface area (Å²) >= 11 is 3.20. The van der Waals surface area contributed by atoms with E-state index in [0.717, 1.165) is 0 Å². The monoisotopic (exact) mass is 327 g/mol. The Bertz CT molecular complexity index is 569. The van der Waals surface area contributed by atoms with Crippen molar-refractivity contribution in [1.82, 2.24) is 0 Å². The Kier molecular flexibility index (Phi) is 4.50. The Morgan fingerprint density at radius 1 is 0.947 bits per heavy atom. The van der Waals surface area contributed by atoms with E-state index in [-0.39, 0.29) is 19.0 Å². The number of halogens is 3. The number of hydrogen-bond donors (Lipinski definition) is 1. The second-order valence-electron chi connectivity index (χ2n) is 4.07. The molecule has 0 saturated carbocycles. The van der Waals surface area contributed by atoms with Gasteiger partial charge in [0, 0.05) is 17.1 Å². The van der Waals surface area contributed by atoms with Gasteiger partial charge < -0.3 is 10.5 Å². The Balaban J connectivity index is 2.11. The standard InChI is InChI=1S/C14H12BrF2NO/c15-11-1-10(3-12(16)5-11)8-19-14-4-9(7-18)2-13(17)6-14/h1-6H,7-8,18H2. The molecule has 0 aliphatic carbocycles. The lowest BCUT2D eigenvalue weighted by Gasteiger charge is -2.08. The molecule has 0 fully saturated rings. The molecule has 2 aromatic carbocycles. The van der Waals surface area contributed by atoms with Crippen molar-refractivity contribution in [2.45, 2.75) is 13.2 Å². The highest BCUT2D eigenvalue weighted by Gasteiger charge is 2.03. The SMILES string of the molecule is NCc1cc(F)cc(OCc2cc(F)cc(Br)c2)c1. The van der Waals surface area contributed by atoms with Crippen molar-refractivity contribution < 1.29 is 13.5 Å². The van der Waals surface area contributed by atoms with E-state index in [4.69, 9.17) is 10.5 Å². The normalized spacial score (nSPS) is 10.5. The maximum absolute atomic E-state index is 13.3. The van der Waals surface area contributed by atoms with Gasteiger partial charge in [-0.1, -0.05) is 15.9 Å². The number of benzene rings is 2. The molecular weight excluding hydrogens is 316 g/mol. The molecule has 2 N–H and O–H groups in total. The van der Waals surface area contributed by atoms with Gasteiger partial charge in [0.15, 0.2) is 0 Å². The summed E-state index contributed by atoms with van der Waals surface area (Å²) in [4.78, 5) is 0. The second-order valence-corrected chi connectivity index (χ2v) is 4.98. The minimum absolute atomic E-state index is 0.157. The number of hydrogen-bond acceptors (Lipinski definition) is 2. The van der Waals surface area contributed by atoms with Crippen molar-refractivity contribution in [2.24, 2.45) is 5.73 Å². The highest BCUT2D eigenvalue weighted by molar-refractivity contribution is 9.10. The fourth-order valence-electron chi connectivity index (χ4n) is 1.68. The molecule has 0 aliphatic heterocycles. The molecule has 0 spiro atoms. The zero-order chi connectivity index (χ0) is 13.8. The third kappa shape index (κ3) is 4.01. The molecule has 0 heterocycles. The van der Waals surface area contributed by atoms with Crippen LogP contribution in [-0.4, -0.2) is 0 Å². The molecule has 5 heteroatoms. The van der Waals surface area contributed by atoms with Crippen molar-refractivity contribution in [3.63, 3.8) is 0 Å². The first-order valence-corrected chi connectivity index (χ1v) is 6.43. The lowest BCUT2D eigenvalue weighted by molar-refractivity contribution is 0.303. The molecule has 0 aromatic heterocycles. The van der Waals surface area contributed by atoms with Crippen LogP contribution >= 0.6 is 15.9 Å². The van der Waals surface area contributed by atoms with Crippen molar-refractivity contribution >= 4 is 15.9 Å². The summed E-state index contributed by atoms with van der Waals surface area (Å²) in [6.07, 6.45) is 0. The Morgan fingerprint density at radius 3 is 2.32 bits per heavy atom. The van der Waals surface area contributed by atoms with Gasteiger partial charge in [-0.15, -0.1) is 0 Å². The van der Waals surface area contributed by atoms with Crippen LogP contribution in [0, 0.1) is 11.6 Å². The average Bonchev–Trinajstić information content (AvgIpc) is 2.34. The maximum atomic E-state index is 13.3. The van der Waals surface area contributed by atoms with E-state index in [2.05, 4.69) is 15.9 Å². The molecular formula is C14H12BrF2NO. The molecule has 0 atom stereocenters. The van der Waals surface area contributed by atoms with Gasteiger partial charge in [-0.05, 0) is 41.5 Å². The highest BCUT2D eigenvalue weighted by Crippen LogP contribution is 2.20. The fraction of sp³-hybridized carbons (Fsp3) is 0.143. The average molecular weight is 328 g/mol. The molecule has 2 rings (SSSR count). The van der Waals surface area contributed by atoms with Gasteiger partial charge in [0.25, 0.3) is 0 Å². The predicted octanol–water partition coefficient (Wildman–Crippen LogP) is 3.77. The molecule has 0 amide bonds. The Morgan fingerprint density at radius 2 is 1.63 bits per heavy atom. The van der Waals surface area contributed by atoms with Crippen molar-refractivity contribution in [2.75, 3.05) is 0 Å². The number of nitrogens with two attached hydrogens (primary N) is 1. The van der Waals surface area contributed by atoms with Crippen LogP contribution in [-0.2, 0) is 13.2 Å². The van der Waals surface area contributed by atoms with Crippen LogP contribution in [0.5, 0.6) is 5.75 Å². The summed E-state index contributed by atoms with van der Waals surface area (Å²) in [5.41, 5.74) is 6.76. The van der Waals surface area contributed by atoms with Gasteiger partial charge in [-0.25, -0.2) is 8.78 Å². The molecule has 0 aliphatic rings. The predicted molar refractivity (Wildman–Crippen MR) is 72.7 cm³/mol. The van der Waals surface area contributed by atoms with Crippen LogP contribution in [0.4, 0.5) is 8.78 Å². The summed E-state index contributed by atoms with van der Waals surface area (Å²) < 4.78 is 32.5. The summed E-state index contributed by atoms with van der Waals surface area (Å²) in [5, 5.41) is 0. The zero-order valence-corrected chi connectivity index (χ0v) is 11.6. The molecule has 0 unspecified atom stereocenters. The molecule has 2 aromatic rings. The van der Waals surface area contributed by atoms with Crippen LogP contribution in [0.25, 0.3) is 0 Å². The van der Waals surface area contributed by atoms with Gasteiger partial charge in [-0.2, -0.15) is 0 Å². The van der Waals surface area contributed by atoms with Crippen LogP contribution in [0.15, 0.2) is 40.9 Å². The molecule has 2 nitrogen and oxygen atoms in total. The number of ether oxygens (including phenoxy) is 1. The molecule has 100 valence electrons. The van der Waals surface area contributed by atoms with E-state index < -0.39 is 5.82 Å². The van der Waals surface area contributed by atoms with E-state index in [1.165, 1.54) is 24.3 Å². The quantitative estimate of drug-likeness (QED) is 0.927. The lowest BCUT2D eigenvalue weighted by atomic mass is 10.2. The van der Waals surface area contributed by atoms with Crippen molar-refractivity contribution in [1.29, 1.82) is 0 Å². The lowest BCUT2D eigenvalue weighted by Crippen LogP contribution is -2.00. The van der Waals surface area contributed by atoms with E-state index >= 15 is 0 Å². The first-order valence-electron chi connectivity index (χ1n) is 5.64. The van der Waals surface area contributed by atoms with Gasteiger partial charge in [0.05, 0.1) is 0 Å².